The maximum absolute atomic E-state index is 16.8. The van der Waals surface area contributed by atoms with Crippen LogP contribution in [0.4, 0.5) is 14.6 Å². The van der Waals surface area contributed by atoms with Gasteiger partial charge in [-0.1, -0.05) is 18.2 Å². The molecule has 5 heterocycles. The lowest BCUT2D eigenvalue weighted by Gasteiger charge is -2.34. The minimum atomic E-state index is -0.864. The second kappa shape index (κ2) is 10.5. The Morgan fingerprint density at radius 1 is 1.09 bits per heavy atom. The first-order chi connectivity index (χ1) is 20.9. The van der Waals surface area contributed by atoms with Gasteiger partial charge in [-0.15, -0.1) is 11.8 Å². The van der Waals surface area contributed by atoms with Crippen LogP contribution in [-0.2, 0) is 0 Å². The SMILES string of the molecule is CSc1cccc2cc(O)cc(-c3ccc4c(N5CC6CCC(C5)N6)nc(OC[C@@]56CCCN5C[C@H](F)C6)nc4c3F)c12. The monoisotopic (exact) mass is 603 g/mol. The van der Waals surface area contributed by atoms with Gasteiger partial charge in [0.25, 0.3) is 0 Å². The Hall–Kier alpha value is -3.21. The molecule has 2 bridgehead atoms. The number of anilines is 1. The van der Waals surface area contributed by atoms with Crippen molar-refractivity contribution in [1.82, 2.24) is 20.2 Å². The highest BCUT2D eigenvalue weighted by Crippen LogP contribution is 2.43. The van der Waals surface area contributed by atoms with Crippen LogP contribution in [-0.4, -0.2) is 82.8 Å². The molecule has 8 rings (SSSR count). The number of hydrogen-bond donors (Lipinski definition) is 2. The maximum atomic E-state index is 16.8. The zero-order valence-electron chi connectivity index (χ0n) is 24.2. The number of rotatable bonds is 6. The van der Waals surface area contributed by atoms with E-state index >= 15 is 4.39 Å². The van der Waals surface area contributed by atoms with Gasteiger partial charge in [0.15, 0.2) is 5.82 Å². The number of alkyl halides is 1. The van der Waals surface area contributed by atoms with E-state index in [1.165, 1.54) is 0 Å². The number of benzene rings is 3. The first kappa shape index (κ1) is 27.3. The molecule has 3 aromatic carbocycles. The molecule has 4 saturated heterocycles. The van der Waals surface area contributed by atoms with Crippen LogP contribution in [0.5, 0.6) is 11.8 Å². The van der Waals surface area contributed by atoms with Crippen LogP contribution in [0.1, 0.15) is 32.1 Å². The van der Waals surface area contributed by atoms with Crippen molar-refractivity contribution in [2.24, 2.45) is 0 Å². The van der Waals surface area contributed by atoms with Gasteiger partial charge >= 0.3 is 6.01 Å². The topological polar surface area (TPSA) is 73.8 Å². The highest BCUT2D eigenvalue weighted by Gasteiger charge is 2.49. The third-order valence-electron chi connectivity index (χ3n) is 9.95. The molecule has 0 aliphatic carbocycles. The van der Waals surface area contributed by atoms with Crippen molar-refractivity contribution in [3.05, 3.63) is 48.3 Å². The number of nitrogens with one attached hydrogen (secondary N) is 1. The van der Waals surface area contributed by atoms with E-state index in [9.17, 15) is 9.50 Å². The van der Waals surface area contributed by atoms with Crippen molar-refractivity contribution in [3.8, 4) is 22.9 Å². The predicted molar refractivity (Wildman–Crippen MR) is 167 cm³/mol. The van der Waals surface area contributed by atoms with E-state index in [-0.39, 0.29) is 29.4 Å². The van der Waals surface area contributed by atoms with E-state index in [0.29, 0.717) is 47.4 Å². The van der Waals surface area contributed by atoms with E-state index in [0.717, 1.165) is 61.0 Å². The number of aromatic hydroxyl groups is 1. The minimum Gasteiger partial charge on any atom is -0.508 e. The first-order valence-corrected chi connectivity index (χ1v) is 16.5. The summed E-state index contributed by atoms with van der Waals surface area (Å²) >= 11 is 1.59. The summed E-state index contributed by atoms with van der Waals surface area (Å²) in [6.45, 7) is 3.14. The van der Waals surface area contributed by atoms with Crippen LogP contribution >= 0.6 is 11.8 Å². The van der Waals surface area contributed by atoms with Gasteiger partial charge in [-0.3, -0.25) is 4.90 Å². The van der Waals surface area contributed by atoms with Crippen molar-refractivity contribution in [1.29, 1.82) is 0 Å². The van der Waals surface area contributed by atoms with E-state index < -0.39 is 12.0 Å². The lowest BCUT2D eigenvalue weighted by Crippen LogP contribution is -2.51. The molecule has 4 aliphatic heterocycles. The summed E-state index contributed by atoms with van der Waals surface area (Å²) < 4.78 is 37.6. The van der Waals surface area contributed by atoms with Gasteiger partial charge in [0.1, 0.15) is 29.9 Å². The van der Waals surface area contributed by atoms with Crippen LogP contribution in [0, 0.1) is 5.82 Å². The molecule has 1 aromatic heterocycles. The number of aromatic nitrogens is 2. The summed E-state index contributed by atoms with van der Waals surface area (Å²) in [6.07, 6.45) is 5.67. The van der Waals surface area contributed by atoms with Crippen molar-refractivity contribution in [2.45, 2.75) is 60.8 Å². The molecule has 10 heteroatoms. The van der Waals surface area contributed by atoms with Gasteiger partial charge in [-0.25, -0.2) is 8.78 Å². The van der Waals surface area contributed by atoms with Crippen LogP contribution in [0.2, 0.25) is 0 Å². The number of fused-ring (bicyclic) bond motifs is 5. The third kappa shape index (κ3) is 4.60. The van der Waals surface area contributed by atoms with E-state index in [4.69, 9.17) is 9.72 Å². The van der Waals surface area contributed by atoms with Gasteiger partial charge in [-0.2, -0.15) is 9.97 Å². The minimum absolute atomic E-state index is 0.0760. The zero-order chi connectivity index (χ0) is 29.3. The summed E-state index contributed by atoms with van der Waals surface area (Å²) in [5, 5.41) is 16.6. The number of phenolic OH excluding ortho intramolecular Hbond substituents is 1. The van der Waals surface area contributed by atoms with E-state index in [1.54, 1.807) is 30.0 Å². The molecule has 43 heavy (non-hydrogen) atoms. The molecule has 4 atom stereocenters. The number of hydrogen-bond acceptors (Lipinski definition) is 8. The number of phenols is 1. The lowest BCUT2D eigenvalue weighted by molar-refractivity contribution is 0.107. The van der Waals surface area contributed by atoms with Crippen LogP contribution in [0.3, 0.4) is 0 Å². The Bertz CT molecular complexity index is 1730. The molecule has 0 radical (unpaired) electrons. The van der Waals surface area contributed by atoms with Crippen molar-refractivity contribution in [3.63, 3.8) is 0 Å². The molecule has 0 saturated carbocycles. The second-order valence-corrected chi connectivity index (χ2v) is 13.5. The van der Waals surface area contributed by atoms with Gasteiger partial charge in [0, 0.05) is 59.4 Å². The molecule has 0 spiro atoms. The molecular weight excluding hydrogens is 568 g/mol. The molecule has 4 aliphatic rings. The number of nitrogens with zero attached hydrogens (tertiary/aromatic N) is 4. The molecule has 2 N–H and O–H groups in total. The Balaban J connectivity index is 1.26. The summed E-state index contributed by atoms with van der Waals surface area (Å²) in [4.78, 5) is 15.0. The largest absolute Gasteiger partial charge is 0.508 e. The van der Waals surface area contributed by atoms with E-state index in [2.05, 4.69) is 20.1 Å². The quantitative estimate of drug-likeness (QED) is 0.264. The average Bonchev–Trinajstić information content (AvgIpc) is 3.65. The maximum Gasteiger partial charge on any atom is 0.319 e. The molecule has 4 aromatic rings. The van der Waals surface area contributed by atoms with Crippen LogP contribution in [0.15, 0.2) is 47.4 Å². The van der Waals surface area contributed by atoms with Gasteiger partial charge < -0.3 is 20.1 Å². The number of halogens is 2. The summed E-state index contributed by atoms with van der Waals surface area (Å²) in [5.74, 6) is 0.272. The fourth-order valence-corrected chi connectivity index (χ4v) is 8.66. The third-order valence-corrected chi connectivity index (χ3v) is 10.7. The Kier molecular flexibility index (Phi) is 6.65. The number of ether oxygens (including phenoxy) is 1. The standard InChI is InChI=1S/C33H35F2N5O2S/c1-43-27-5-2-4-19-12-23(41)13-26(28(19)27)24-8-9-25-30(29(24)35)37-32(38-31(25)39-16-21-6-7-22(17-39)36-21)42-18-33-10-3-11-40(33)15-20(34)14-33/h2,4-5,8-9,12-13,20-22,36,41H,3,6-7,10-11,14-18H2,1H3/t20-,21?,22?,33+/m1/s1. The summed E-state index contributed by atoms with van der Waals surface area (Å²) in [7, 11) is 0. The molecule has 224 valence electrons. The highest BCUT2D eigenvalue weighted by molar-refractivity contribution is 7.98. The van der Waals surface area contributed by atoms with Crippen LogP contribution in [0.25, 0.3) is 32.8 Å². The Morgan fingerprint density at radius 2 is 1.93 bits per heavy atom. The van der Waals surface area contributed by atoms with Gasteiger partial charge in [0.2, 0.25) is 0 Å². The molecular formula is C33H35F2N5O2S. The number of thioether (sulfide) groups is 1. The zero-order valence-corrected chi connectivity index (χ0v) is 25.0. The summed E-state index contributed by atoms with van der Waals surface area (Å²) in [6, 6.07) is 13.8. The van der Waals surface area contributed by atoms with Crippen molar-refractivity contribution in [2.75, 3.05) is 43.9 Å². The fourth-order valence-electron chi connectivity index (χ4n) is 8.02. The first-order valence-electron chi connectivity index (χ1n) is 15.2. The molecule has 0 amide bonds. The fraction of sp³-hybridized carbons (Fsp3) is 0.455. The molecule has 4 fully saturated rings. The number of piperazine rings is 1. The normalized spacial score (nSPS) is 27.0. The smallest absolute Gasteiger partial charge is 0.319 e. The predicted octanol–water partition coefficient (Wildman–Crippen LogP) is 5.91. The van der Waals surface area contributed by atoms with Gasteiger partial charge in [0.05, 0.1) is 5.54 Å². The molecule has 2 unspecified atom stereocenters. The highest BCUT2D eigenvalue weighted by atomic mass is 32.2. The van der Waals surface area contributed by atoms with Crippen LogP contribution < -0.4 is 15.0 Å². The van der Waals surface area contributed by atoms with Gasteiger partial charge in [-0.05, 0) is 73.7 Å². The average molecular weight is 604 g/mol. The Morgan fingerprint density at radius 3 is 2.74 bits per heavy atom. The van der Waals surface area contributed by atoms with Crippen molar-refractivity contribution >= 4 is 39.3 Å². The van der Waals surface area contributed by atoms with E-state index in [1.807, 2.05) is 30.5 Å². The lowest BCUT2D eigenvalue weighted by atomic mass is 9.95. The molecule has 7 nitrogen and oxygen atoms in total. The second-order valence-electron chi connectivity index (χ2n) is 12.6. The Labute approximate surface area is 253 Å². The van der Waals surface area contributed by atoms with Crippen molar-refractivity contribution < 1.29 is 18.6 Å². The summed E-state index contributed by atoms with van der Waals surface area (Å²) in [5.41, 5.74) is 0.809.